The van der Waals surface area contributed by atoms with Crippen molar-refractivity contribution < 1.29 is 10.4 Å². The summed E-state index contributed by atoms with van der Waals surface area (Å²) in [5, 5.41) is 16.7. The number of aliphatic imine (C=N–C) groups is 1. The van der Waals surface area contributed by atoms with Crippen LogP contribution in [0.3, 0.4) is 0 Å². The number of hydrogen-bond donors (Lipinski definition) is 4. The van der Waals surface area contributed by atoms with E-state index in [1.807, 2.05) is 5.43 Å². The summed E-state index contributed by atoms with van der Waals surface area (Å²) in [6.45, 7) is 5.02. The molecule has 0 aromatic heterocycles. The molecule has 1 aliphatic rings. The van der Waals surface area contributed by atoms with Crippen molar-refractivity contribution in [1.82, 2.24) is 15.7 Å². The molecule has 0 aromatic rings. The monoisotopic (exact) mass is 245 g/mol. The number of piperidine rings is 1. The minimum atomic E-state index is -0.203. The van der Waals surface area contributed by atoms with Crippen LogP contribution in [-0.2, 0) is 0 Å². The summed E-state index contributed by atoms with van der Waals surface area (Å²) in [6.07, 6.45) is 4.80. The van der Waals surface area contributed by atoms with Gasteiger partial charge in [-0.15, -0.1) is 0 Å². The van der Waals surface area contributed by atoms with Gasteiger partial charge in [0.15, 0.2) is 0 Å². The predicted molar refractivity (Wildman–Crippen MR) is 64.5 cm³/mol. The molecule has 0 bridgehead atoms. The highest BCUT2D eigenvalue weighted by molar-refractivity contribution is 5.76. The normalized spacial score (nSPS) is 23.1. The van der Waals surface area contributed by atoms with Crippen LogP contribution in [0.25, 0.3) is 0 Å². The first-order valence-corrected chi connectivity index (χ1v) is 6.08. The van der Waals surface area contributed by atoms with E-state index in [9.17, 15) is 0 Å². The third-order valence-electron chi connectivity index (χ3n) is 3.04. The summed E-state index contributed by atoms with van der Waals surface area (Å²) in [4.78, 5) is 6.43. The van der Waals surface area contributed by atoms with Crippen molar-refractivity contribution in [2.45, 2.75) is 38.6 Å². The molecule has 1 saturated heterocycles. The van der Waals surface area contributed by atoms with Crippen LogP contribution in [0, 0.1) is 0 Å². The molecule has 1 rings (SSSR count). The largest absolute Gasteiger partial charge is 0.369 e. The maximum absolute atomic E-state index is 8.43. The van der Waals surface area contributed by atoms with Gasteiger partial charge in [-0.3, -0.25) is 15.4 Å². The molecule has 1 unspecified atom stereocenters. The fraction of sp³-hybridized carbons (Fsp3) is 0.900. The van der Waals surface area contributed by atoms with Crippen molar-refractivity contribution in [3.8, 4) is 0 Å². The molecule has 0 aromatic carbocycles. The number of rotatable bonds is 5. The predicted octanol–water partition coefficient (Wildman–Crippen LogP) is 0.151. The SMILES string of the molecule is CC1CCCCN1CCCN=C(N)NN(O)O. The van der Waals surface area contributed by atoms with E-state index in [0.717, 1.165) is 13.0 Å². The first-order chi connectivity index (χ1) is 8.09. The molecule has 0 aliphatic carbocycles. The average Bonchev–Trinajstić information content (AvgIpc) is 2.25. The topological polar surface area (TPSA) is 97.4 Å². The second-order valence-electron chi connectivity index (χ2n) is 4.40. The molecule has 5 N–H and O–H groups in total. The molecule has 100 valence electrons. The minimum Gasteiger partial charge on any atom is -0.369 e. The number of nitrogens with two attached hydrogens (primary N) is 1. The van der Waals surface area contributed by atoms with Crippen LogP contribution in [0.5, 0.6) is 0 Å². The molecule has 1 fully saturated rings. The Kier molecular flexibility index (Phi) is 6.20. The van der Waals surface area contributed by atoms with Gasteiger partial charge in [0.05, 0.1) is 0 Å². The lowest BCUT2D eigenvalue weighted by Gasteiger charge is -2.33. The van der Waals surface area contributed by atoms with Gasteiger partial charge in [-0.2, -0.15) is 0 Å². The van der Waals surface area contributed by atoms with E-state index in [-0.39, 0.29) is 11.3 Å². The van der Waals surface area contributed by atoms with E-state index in [1.165, 1.54) is 25.8 Å². The molecule has 0 amide bonds. The molecule has 7 nitrogen and oxygen atoms in total. The van der Waals surface area contributed by atoms with Gasteiger partial charge >= 0.3 is 0 Å². The van der Waals surface area contributed by atoms with Crippen LogP contribution < -0.4 is 11.2 Å². The van der Waals surface area contributed by atoms with E-state index in [0.29, 0.717) is 12.6 Å². The van der Waals surface area contributed by atoms with Gasteiger partial charge in [0.1, 0.15) is 0 Å². The Hall–Kier alpha value is -0.890. The minimum absolute atomic E-state index is 0.00157. The zero-order valence-electron chi connectivity index (χ0n) is 10.3. The van der Waals surface area contributed by atoms with E-state index in [1.54, 1.807) is 0 Å². The van der Waals surface area contributed by atoms with Gasteiger partial charge in [0, 0.05) is 24.5 Å². The third kappa shape index (κ3) is 5.83. The van der Waals surface area contributed by atoms with Crippen molar-refractivity contribution >= 4 is 5.96 Å². The summed E-state index contributed by atoms with van der Waals surface area (Å²) in [6, 6.07) is 0.661. The number of hydrogen-bond acceptors (Lipinski definition) is 5. The van der Waals surface area contributed by atoms with Crippen LogP contribution in [0.2, 0.25) is 0 Å². The van der Waals surface area contributed by atoms with Crippen molar-refractivity contribution in [2.24, 2.45) is 10.7 Å². The van der Waals surface area contributed by atoms with Gasteiger partial charge in [-0.25, -0.2) is 5.43 Å². The molecule has 0 radical (unpaired) electrons. The molecule has 1 aliphatic heterocycles. The van der Waals surface area contributed by atoms with Crippen LogP contribution in [0.4, 0.5) is 0 Å². The number of guanidine groups is 1. The highest BCUT2D eigenvalue weighted by atomic mass is 16.8. The molecular weight excluding hydrogens is 222 g/mol. The summed E-state index contributed by atoms with van der Waals surface area (Å²) in [5.41, 5.74) is 7.43. The fourth-order valence-electron chi connectivity index (χ4n) is 2.10. The number of likely N-dealkylation sites (tertiary alicyclic amines) is 1. The number of nitrogens with one attached hydrogen (secondary N) is 1. The Labute approximate surface area is 102 Å². The fourth-order valence-corrected chi connectivity index (χ4v) is 2.10. The lowest BCUT2D eigenvalue weighted by molar-refractivity contribution is -0.329. The summed E-state index contributed by atoms with van der Waals surface area (Å²) in [5.74, 6) is 0.00157. The van der Waals surface area contributed by atoms with E-state index < -0.39 is 0 Å². The zero-order valence-corrected chi connectivity index (χ0v) is 10.3. The molecule has 7 heteroatoms. The third-order valence-corrected chi connectivity index (χ3v) is 3.04. The standard InChI is InChI=1S/C10H23N5O2/c1-9-5-2-3-7-14(9)8-4-6-12-10(11)13-15(16)17/h9,16-17H,2-8H2,1H3,(H3,11,12,13). The van der Waals surface area contributed by atoms with Gasteiger partial charge in [-0.05, 0) is 32.7 Å². The molecule has 17 heavy (non-hydrogen) atoms. The molecule has 0 saturated carbocycles. The van der Waals surface area contributed by atoms with Crippen LogP contribution in [0.15, 0.2) is 4.99 Å². The maximum Gasteiger partial charge on any atom is 0.207 e. The van der Waals surface area contributed by atoms with Crippen LogP contribution in [-0.4, -0.2) is 52.3 Å². The highest BCUT2D eigenvalue weighted by Gasteiger charge is 2.16. The zero-order chi connectivity index (χ0) is 12.7. The van der Waals surface area contributed by atoms with E-state index in [2.05, 4.69) is 16.8 Å². The maximum atomic E-state index is 8.43. The molecule has 1 heterocycles. The van der Waals surface area contributed by atoms with E-state index in [4.69, 9.17) is 16.1 Å². The van der Waals surface area contributed by atoms with E-state index >= 15 is 0 Å². The van der Waals surface area contributed by atoms with Gasteiger partial charge in [-0.1, -0.05) is 6.42 Å². The van der Waals surface area contributed by atoms with Gasteiger partial charge < -0.3 is 10.6 Å². The van der Waals surface area contributed by atoms with Crippen molar-refractivity contribution in [3.05, 3.63) is 0 Å². The second-order valence-corrected chi connectivity index (χ2v) is 4.40. The Morgan fingerprint density at radius 1 is 1.53 bits per heavy atom. The van der Waals surface area contributed by atoms with Crippen LogP contribution in [0.1, 0.15) is 32.6 Å². The Bertz CT molecular complexity index is 247. The Morgan fingerprint density at radius 2 is 2.29 bits per heavy atom. The smallest absolute Gasteiger partial charge is 0.207 e. The Balaban J connectivity index is 2.14. The van der Waals surface area contributed by atoms with Crippen LogP contribution >= 0.6 is 0 Å². The first-order valence-electron chi connectivity index (χ1n) is 6.08. The van der Waals surface area contributed by atoms with Gasteiger partial charge in [0.25, 0.3) is 0 Å². The number of hydrazine groups is 1. The lowest BCUT2D eigenvalue weighted by atomic mass is 10.0. The quantitative estimate of drug-likeness (QED) is 0.238. The molecule has 0 spiro atoms. The Morgan fingerprint density at radius 3 is 2.94 bits per heavy atom. The summed E-state index contributed by atoms with van der Waals surface area (Å²) >= 11 is 0. The second kappa shape index (κ2) is 7.44. The first kappa shape index (κ1) is 14.2. The summed E-state index contributed by atoms with van der Waals surface area (Å²) < 4.78 is 0. The average molecular weight is 245 g/mol. The molecule has 1 atom stereocenters. The van der Waals surface area contributed by atoms with Crippen molar-refractivity contribution in [3.63, 3.8) is 0 Å². The van der Waals surface area contributed by atoms with Gasteiger partial charge in [0.2, 0.25) is 5.96 Å². The summed E-state index contributed by atoms with van der Waals surface area (Å²) in [7, 11) is 0. The van der Waals surface area contributed by atoms with Crippen molar-refractivity contribution in [1.29, 1.82) is 0 Å². The lowest BCUT2D eigenvalue weighted by Crippen LogP contribution is -2.42. The molecular formula is C10H23N5O2. The highest BCUT2D eigenvalue weighted by Crippen LogP contribution is 2.16. The van der Waals surface area contributed by atoms with Crippen molar-refractivity contribution in [2.75, 3.05) is 19.6 Å². The number of nitrogens with zero attached hydrogens (tertiary/aromatic N) is 3.